The number of nitrogens with zero attached hydrogens (tertiary/aromatic N) is 1. The highest BCUT2D eigenvalue weighted by atomic mass is 32.2. The fourth-order valence-electron chi connectivity index (χ4n) is 2.14. The number of amides is 1. The summed E-state index contributed by atoms with van der Waals surface area (Å²) in [6.45, 7) is 1.83. The molecule has 108 valence electrons. The van der Waals surface area contributed by atoms with Gasteiger partial charge in [-0.25, -0.2) is 17.5 Å². The highest BCUT2D eigenvalue weighted by Crippen LogP contribution is 2.27. The largest absolute Gasteiger partial charge is 0.467 e. The van der Waals surface area contributed by atoms with Crippen LogP contribution in [-0.4, -0.2) is 37.8 Å². The van der Waals surface area contributed by atoms with E-state index in [9.17, 15) is 18.0 Å². The Hall–Kier alpha value is -1.89. The molecule has 0 bridgehead atoms. The summed E-state index contributed by atoms with van der Waals surface area (Å²) in [6, 6.07) is 5.05. The fourth-order valence-corrected chi connectivity index (χ4v) is 3.73. The van der Waals surface area contributed by atoms with E-state index >= 15 is 0 Å². The van der Waals surface area contributed by atoms with Crippen molar-refractivity contribution in [3.05, 3.63) is 29.8 Å². The van der Waals surface area contributed by atoms with Crippen molar-refractivity contribution in [2.75, 3.05) is 7.11 Å². The van der Waals surface area contributed by atoms with Crippen molar-refractivity contribution in [1.82, 2.24) is 4.31 Å². The highest BCUT2D eigenvalue weighted by Gasteiger charge is 2.44. The summed E-state index contributed by atoms with van der Waals surface area (Å²) >= 11 is 0. The Balaban J connectivity index is 2.43. The van der Waals surface area contributed by atoms with Gasteiger partial charge in [-0.1, -0.05) is 17.7 Å². The first-order valence-corrected chi connectivity index (χ1v) is 7.53. The van der Waals surface area contributed by atoms with Gasteiger partial charge in [0.15, 0.2) is 0 Å². The molecule has 1 amide bonds. The number of benzene rings is 1. The minimum absolute atomic E-state index is 0.00717. The third-order valence-corrected chi connectivity index (χ3v) is 5.06. The molecule has 0 saturated carbocycles. The second-order valence-electron chi connectivity index (χ2n) is 4.59. The van der Waals surface area contributed by atoms with Crippen LogP contribution in [0.5, 0.6) is 0 Å². The molecule has 1 aliphatic heterocycles. The van der Waals surface area contributed by atoms with Gasteiger partial charge in [-0.05, 0) is 25.5 Å². The molecule has 1 saturated heterocycles. The van der Waals surface area contributed by atoms with Crippen LogP contribution < -0.4 is 0 Å². The number of sulfonamides is 1. The second-order valence-corrected chi connectivity index (χ2v) is 6.40. The van der Waals surface area contributed by atoms with E-state index < -0.39 is 27.9 Å². The van der Waals surface area contributed by atoms with Crippen LogP contribution in [0.1, 0.15) is 18.4 Å². The monoisotopic (exact) mass is 297 g/mol. The zero-order valence-electron chi connectivity index (χ0n) is 11.2. The third kappa shape index (κ3) is 2.40. The Labute approximate surface area is 117 Å². The molecule has 0 radical (unpaired) electrons. The number of hydrogen-bond acceptors (Lipinski definition) is 5. The van der Waals surface area contributed by atoms with Gasteiger partial charge in [0.25, 0.3) is 10.0 Å². The quantitative estimate of drug-likeness (QED) is 0.773. The van der Waals surface area contributed by atoms with Gasteiger partial charge in [0, 0.05) is 6.42 Å². The lowest BCUT2D eigenvalue weighted by Gasteiger charge is -2.22. The van der Waals surface area contributed by atoms with E-state index in [1.54, 1.807) is 12.1 Å². The van der Waals surface area contributed by atoms with E-state index in [-0.39, 0.29) is 17.7 Å². The molecular weight excluding hydrogens is 282 g/mol. The first-order chi connectivity index (χ1) is 9.37. The highest BCUT2D eigenvalue weighted by molar-refractivity contribution is 7.89. The standard InChI is InChI=1S/C13H15NO5S/c1-9-3-5-10(6-4-9)20(17,18)14-11(13(16)19-2)7-8-12(14)15/h3-6,11H,7-8H2,1-2H3. The molecule has 0 aromatic heterocycles. The summed E-state index contributed by atoms with van der Waals surface area (Å²) in [6.07, 6.45) is 0.168. The summed E-state index contributed by atoms with van der Waals surface area (Å²) in [4.78, 5) is 23.4. The minimum Gasteiger partial charge on any atom is -0.467 e. The summed E-state index contributed by atoms with van der Waals surface area (Å²) in [7, 11) is -2.86. The van der Waals surface area contributed by atoms with Gasteiger partial charge in [-0.3, -0.25) is 4.79 Å². The van der Waals surface area contributed by atoms with Crippen molar-refractivity contribution < 1.29 is 22.7 Å². The molecule has 0 aliphatic carbocycles. The van der Waals surface area contributed by atoms with Crippen LogP contribution in [0.3, 0.4) is 0 Å². The van der Waals surface area contributed by atoms with E-state index in [1.165, 1.54) is 19.2 Å². The number of carbonyl (C=O) groups excluding carboxylic acids is 2. The van der Waals surface area contributed by atoms with E-state index in [2.05, 4.69) is 4.74 Å². The minimum atomic E-state index is -4.03. The maximum absolute atomic E-state index is 12.5. The van der Waals surface area contributed by atoms with Gasteiger partial charge in [-0.15, -0.1) is 0 Å². The Morgan fingerprint density at radius 1 is 1.30 bits per heavy atom. The van der Waals surface area contributed by atoms with E-state index in [0.29, 0.717) is 4.31 Å². The molecular formula is C13H15NO5S. The summed E-state index contributed by atoms with van der Waals surface area (Å²) in [5.74, 6) is -1.30. The van der Waals surface area contributed by atoms with Gasteiger partial charge < -0.3 is 4.74 Å². The average molecular weight is 297 g/mol. The van der Waals surface area contributed by atoms with Crippen LogP contribution in [0.4, 0.5) is 0 Å². The normalized spacial score (nSPS) is 19.2. The molecule has 1 aromatic rings. The SMILES string of the molecule is COC(=O)C1CCC(=O)N1S(=O)(=O)c1ccc(C)cc1. The number of ether oxygens (including phenoxy) is 1. The maximum atomic E-state index is 12.5. The first kappa shape index (κ1) is 14.5. The second kappa shape index (κ2) is 5.24. The average Bonchev–Trinajstić information content (AvgIpc) is 2.81. The van der Waals surface area contributed by atoms with Crippen LogP contribution >= 0.6 is 0 Å². The van der Waals surface area contributed by atoms with Gasteiger partial charge in [0.2, 0.25) is 5.91 Å². The number of methoxy groups -OCH3 is 1. The Morgan fingerprint density at radius 2 is 1.90 bits per heavy atom. The summed E-state index contributed by atoms with van der Waals surface area (Å²) in [5.41, 5.74) is 0.904. The van der Waals surface area contributed by atoms with Crippen molar-refractivity contribution in [2.45, 2.75) is 30.7 Å². The molecule has 1 aromatic carbocycles. The molecule has 6 nitrogen and oxygen atoms in total. The molecule has 0 N–H and O–H groups in total. The Bertz CT molecular complexity index is 635. The summed E-state index contributed by atoms with van der Waals surface area (Å²) < 4.78 is 30.2. The molecule has 1 heterocycles. The molecule has 2 rings (SSSR count). The van der Waals surface area contributed by atoms with Crippen LogP contribution in [0, 0.1) is 6.92 Å². The van der Waals surface area contributed by atoms with Gasteiger partial charge in [-0.2, -0.15) is 0 Å². The lowest BCUT2D eigenvalue weighted by Crippen LogP contribution is -2.43. The molecule has 1 atom stereocenters. The predicted octanol–water partition coefficient (Wildman–Crippen LogP) is 0.848. The molecule has 20 heavy (non-hydrogen) atoms. The third-order valence-electron chi connectivity index (χ3n) is 3.21. The topological polar surface area (TPSA) is 80.8 Å². The Kier molecular flexibility index (Phi) is 3.80. The molecule has 1 fully saturated rings. The number of rotatable bonds is 3. The van der Waals surface area contributed by atoms with Crippen LogP contribution in [0.15, 0.2) is 29.2 Å². The fraction of sp³-hybridized carbons (Fsp3) is 0.385. The number of hydrogen-bond donors (Lipinski definition) is 0. The van der Waals surface area contributed by atoms with Crippen molar-refractivity contribution in [1.29, 1.82) is 0 Å². The smallest absolute Gasteiger partial charge is 0.329 e. The van der Waals surface area contributed by atoms with E-state index in [0.717, 1.165) is 5.56 Å². The van der Waals surface area contributed by atoms with Crippen LogP contribution in [0.2, 0.25) is 0 Å². The van der Waals surface area contributed by atoms with Crippen LogP contribution in [0.25, 0.3) is 0 Å². The van der Waals surface area contributed by atoms with Crippen molar-refractivity contribution >= 4 is 21.9 Å². The van der Waals surface area contributed by atoms with E-state index in [1.807, 2.05) is 6.92 Å². The zero-order valence-corrected chi connectivity index (χ0v) is 12.0. The maximum Gasteiger partial charge on any atom is 0.329 e. The summed E-state index contributed by atoms with van der Waals surface area (Å²) in [5, 5.41) is 0. The number of aryl methyl sites for hydroxylation is 1. The van der Waals surface area contributed by atoms with Crippen molar-refractivity contribution in [2.24, 2.45) is 0 Å². The van der Waals surface area contributed by atoms with Crippen molar-refractivity contribution in [3.63, 3.8) is 0 Å². The lowest BCUT2D eigenvalue weighted by molar-refractivity contribution is -0.146. The number of carbonyl (C=O) groups is 2. The predicted molar refractivity (Wildman–Crippen MR) is 70.2 cm³/mol. The van der Waals surface area contributed by atoms with Crippen LogP contribution in [-0.2, 0) is 24.3 Å². The first-order valence-electron chi connectivity index (χ1n) is 6.09. The number of esters is 1. The molecule has 0 spiro atoms. The molecule has 7 heteroatoms. The molecule has 1 aliphatic rings. The van der Waals surface area contributed by atoms with Gasteiger partial charge in [0.1, 0.15) is 6.04 Å². The van der Waals surface area contributed by atoms with Gasteiger partial charge >= 0.3 is 5.97 Å². The van der Waals surface area contributed by atoms with Gasteiger partial charge in [0.05, 0.1) is 12.0 Å². The molecule has 1 unspecified atom stereocenters. The zero-order chi connectivity index (χ0) is 14.9. The van der Waals surface area contributed by atoms with E-state index in [4.69, 9.17) is 0 Å². The lowest BCUT2D eigenvalue weighted by atomic mass is 10.2. The van der Waals surface area contributed by atoms with Crippen molar-refractivity contribution in [3.8, 4) is 0 Å². The Morgan fingerprint density at radius 3 is 2.45 bits per heavy atom.